The minimum atomic E-state index is -4.71. The van der Waals surface area contributed by atoms with E-state index in [0.29, 0.717) is 28.1 Å². The molecule has 0 fully saturated rings. The van der Waals surface area contributed by atoms with Gasteiger partial charge in [-0.2, -0.15) is 13.2 Å². The van der Waals surface area contributed by atoms with Crippen LogP contribution in [-0.4, -0.2) is 10.9 Å². The molecule has 4 rings (SSSR count). The summed E-state index contributed by atoms with van der Waals surface area (Å²) in [7, 11) is 0. The lowest BCUT2D eigenvalue weighted by Crippen LogP contribution is -2.24. The van der Waals surface area contributed by atoms with Crippen molar-refractivity contribution >= 4 is 16.8 Å². The lowest BCUT2D eigenvalue weighted by Gasteiger charge is -2.11. The molecule has 8 heteroatoms. The van der Waals surface area contributed by atoms with E-state index in [1.54, 1.807) is 30.3 Å². The zero-order chi connectivity index (χ0) is 22.2. The predicted molar refractivity (Wildman–Crippen MR) is 106 cm³/mol. The summed E-state index contributed by atoms with van der Waals surface area (Å²) in [5, 5.41) is 3.00. The number of amides is 1. The Morgan fingerprint density at radius 2 is 1.65 bits per heavy atom. The topological polar surface area (TPSA) is 44.9 Å². The largest absolute Gasteiger partial charge is 0.416 e. The average Bonchev–Trinajstić information content (AvgIpc) is 3.10. The normalized spacial score (nSPS) is 11.6. The van der Waals surface area contributed by atoms with E-state index in [1.807, 2.05) is 0 Å². The van der Waals surface area contributed by atoms with Gasteiger partial charge in [0.1, 0.15) is 17.3 Å². The molecule has 0 aliphatic heterocycles. The molecular formula is C23H15F5N2O. The van der Waals surface area contributed by atoms with E-state index < -0.39 is 29.3 Å². The number of alkyl halides is 3. The number of fused-ring (bicyclic) bond motifs is 1. The Morgan fingerprint density at radius 3 is 2.35 bits per heavy atom. The van der Waals surface area contributed by atoms with Crippen molar-refractivity contribution in [1.29, 1.82) is 0 Å². The Bertz CT molecular complexity index is 1260. The highest BCUT2D eigenvalue weighted by Gasteiger charge is 2.31. The maximum atomic E-state index is 13.8. The van der Waals surface area contributed by atoms with Gasteiger partial charge < -0.3 is 10.3 Å². The molecule has 3 nitrogen and oxygen atoms in total. The minimum absolute atomic E-state index is 0.0379. The monoisotopic (exact) mass is 430 g/mol. The maximum Gasteiger partial charge on any atom is 0.416 e. The summed E-state index contributed by atoms with van der Waals surface area (Å²) in [5.74, 6) is -2.14. The molecule has 0 radical (unpaired) electrons. The van der Waals surface area contributed by atoms with Gasteiger partial charge in [-0.3, -0.25) is 4.79 Å². The standard InChI is InChI=1S/C23H15F5N2O/c24-16-6-7-19-18(11-16)20(14-4-2-1-3-5-14)21(30-19)22(31)29-12-13-8-15(23(26,27)28)10-17(25)9-13/h1-11,30H,12H2,(H,29,31). The fourth-order valence-electron chi connectivity index (χ4n) is 3.43. The molecule has 0 unspecified atom stereocenters. The second-order valence-corrected chi connectivity index (χ2v) is 6.96. The van der Waals surface area contributed by atoms with Crippen molar-refractivity contribution < 1.29 is 26.7 Å². The number of rotatable bonds is 4. The number of aromatic nitrogens is 1. The first-order valence-corrected chi connectivity index (χ1v) is 9.24. The summed E-state index contributed by atoms with van der Waals surface area (Å²) >= 11 is 0. The van der Waals surface area contributed by atoms with Crippen LogP contribution in [0.2, 0.25) is 0 Å². The van der Waals surface area contributed by atoms with Crippen LogP contribution in [-0.2, 0) is 12.7 Å². The molecule has 0 aliphatic carbocycles. The van der Waals surface area contributed by atoms with Crippen molar-refractivity contribution in [3.63, 3.8) is 0 Å². The van der Waals surface area contributed by atoms with Gasteiger partial charge in [0.15, 0.2) is 0 Å². The van der Waals surface area contributed by atoms with Crippen LogP contribution in [0.3, 0.4) is 0 Å². The van der Waals surface area contributed by atoms with Crippen molar-refractivity contribution in [2.75, 3.05) is 0 Å². The molecule has 0 aliphatic rings. The van der Waals surface area contributed by atoms with Crippen molar-refractivity contribution in [3.8, 4) is 11.1 Å². The molecule has 0 bridgehead atoms. The van der Waals surface area contributed by atoms with Gasteiger partial charge in [-0.25, -0.2) is 8.78 Å². The first kappa shape index (κ1) is 20.6. The number of aromatic amines is 1. The molecule has 4 aromatic rings. The lowest BCUT2D eigenvalue weighted by atomic mass is 10.0. The first-order valence-electron chi connectivity index (χ1n) is 9.24. The van der Waals surface area contributed by atoms with E-state index in [-0.39, 0.29) is 17.8 Å². The van der Waals surface area contributed by atoms with Crippen molar-refractivity contribution in [3.05, 3.63) is 95.2 Å². The first-order chi connectivity index (χ1) is 14.7. The van der Waals surface area contributed by atoms with Crippen LogP contribution in [0, 0.1) is 11.6 Å². The highest BCUT2D eigenvalue weighted by molar-refractivity contribution is 6.09. The molecule has 0 atom stereocenters. The summed E-state index contributed by atoms with van der Waals surface area (Å²) in [4.78, 5) is 15.8. The Morgan fingerprint density at radius 1 is 0.903 bits per heavy atom. The number of carbonyl (C=O) groups excluding carboxylic acids is 1. The summed E-state index contributed by atoms with van der Waals surface area (Å²) in [6, 6.07) is 15.0. The van der Waals surface area contributed by atoms with E-state index >= 15 is 0 Å². The molecule has 0 saturated carbocycles. The second kappa shape index (κ2) is 7.86. The molecule has 1 heterocycles. The van der Waals surface area contributed by atoms with Gasteiger partial charge in [0.25, 0.3) is 5.91 Å². The number of nitrogens with one attached hydrogen (secondary N) is 2. The van der Waals surface area contributed by atoms with E-state index in [0.717, 1.165) is 12.1 Å². The molecule has 31 heavy (non-hydrogen) atoms. The van der Waals surface area contributed by atoms with Crippen LogP contribution < -0.4 is 5.32 Å². The van der Waals surface area contributed by atoms with Gasteiger partial charge >= 0.3 is 6.18 Å². The van der Waals surface area contributed by atoms with Crippen LogP contribution >= 0.6 is 0 Å². The Kier molecular flexibility index (Phi) is 5.22. The van der Waals surface area contributed by atoms with Crippen LogP contribution in [0.5, 0.6) is 0 Å². The van der Waals surface area contributed by atoms with Gasteiger partial charge in [0.2, 0.25) is 0 Å². The van der Waals surface area contributed by atoms with Crippen LogP contribution in [0.25, 0.3) is 22.0 Å². The zero-order valence-corrected chi connectivity index (χ0v) is 15.9. The fourth-order valence-corrected chi connectivity index (χ4v) is 3.43. The number of H-pyrrole nitrogens is 1. The smallest absolute Gasteiger partial charge is 0.350 e. The molecule has 1 amide bonds. The fraction of sp³-hybridized carbons (Fsp3) is 0.0870. The van der Waals surface area contributed by atoms with E-state index in [2.05, 4.69) is 10.3 Å². The van der Waals surface area contributed by atoms with Gasteiger partial charge in [0.05, 0.1) is 5.56 Å². The van der Waals surface area contributed by atoms with Crippen LogP contribution in [0.15, 0.2) is 66.7 Å². The Hall–Kier alpha value is -3.68. The molecule has 2 N–H and O–H groups in total. The van der Waals surface area contributed by atoms with Crippen LogP contribution in [0.4, 0.5) is 22.0 Å². The lowest BCUT2D eigenvalue weighted by molar-refractivity contribution is -0.137. The SMILES string of the molecule is O=C(NCc1cc(F)cc(C(F)(F)F)c1)c1[nH]c2ccc(F)cc2c1-c1ccccc1. The number of halogens is 5. The van der Waals surface area contributed by atoms with Crippen molar-refractivity contribution in [2.24, 2.45) is 0 Å². The van der Waals surface area contributed by atoms with E-state index in [4.69, 9.17) is 0 Å². The van der Waals surface area contributed by atoms with Crippen molar-refractivity contribution in [1.82, 2.24) is 10.3 Å². The quantitative estimate of drug-likeness (QED) is 0.380. The van der Waals surface area contributed by atoms with Crippen LogP contribution in [0.1, 0.15) is 21.6 Å². The van der Waals surface area contributed by atoms with Gasteiger partial charge in [0, 0.05) is 23.0 Å². The predicted octanol–water partition coefficient (Wildman–Crippen LogP) is 6.06. The van der Waals surface area contributed by atoms with Gasteiger partial charge in [-0.05, 0) is 47.5 Å². The third-order valence-electron chi connectivity index (χ3n) is 4.79. The van der Waals surface area contributed by atoms with Gasteiger partial charge in [-0.15, -0.1) is 0 Å². The number of hydrogen-bond acceptors (Lipinski definition) is 1. The third kappa shape index (κ3) is 4.28. The van der Waals surface area contributed by atoms with Gasteiger partial charge in [-0.1, -0.05) is 30.3 Å². The maximum absolute atomic E-state index is 13.8. The highest BCUT2D eigenvalue weighted by Crippen LogP contribution is 2.33. The minimum Gasteiger partial charge on any atom is -0.350 e. The highest BCUT2D eigenvalue weighted by atomic mass is 19.4. The molecule has 158 valence electrons. The molecule has 0 spiro atoms. The van der Waals surface area contributed by atoms with E-state index in [9.17, 15) is 26.7 Å². The molecule has 1 aromatic heterocycles. The number of carbonyl (C=O) groups is 1. The number of hydrogen-bond donors (Lipinski definition) is 2. The molecular weight excluding hydrogens is 415 g/mol. The third-order valence-corrected chi connectivity index (χ3v) is 4.79. The molecule has 0 saturated heterocycles. The summed E-state index contributed by atoms with van der Waals surface area (Å²) < 4.78 is 66.2. The summed E-state index contributed by atoms with van der Waals surface area (Å²) in [6.45, 7) is -0.322. The zero-order valence-electron chi connectivity index (χ0n) is 15.9. The average molecular weight is 430 g/mol. The summed E-state index contributed by atoms with van der Waals surface area (Å²) in [5.41, 5.74) is 0.596. The summed E-state index contributed by atoms with van der Waals surface area (Å²) in [6.07, 6.45) is -4.71. The van der Waals surface area contributed by atoms with E-state index in [1.165, 1.54) is 18.2 Å². The second-order valence-electron chi connectivity index (χ2n) is 6.96. The Labute approximate surface area is 173 Å². The number of benzene rings is 3. The molecule has 3 aromatic carbocycles. The van der Waals surface area contributed by atoms with Crippen molar-refractivity contribution in [2.45, 2.75) is 12.7 Å². The Balaban J connectivity index is 1.68.